The molecule has 0 unspecified atom stereocenters. The van der Waals surface area contributed by atoms with Gasteiger partial charge in [0.25, 0.3) is 0 Å². The quantitative estimate of drug-likeness (QED) is 0.701. The van der Waals surface area contributed by atoms with Crippen LogP contribution in [0.3, 0.4) is 0 Å². The lowest BCUT2D eigenvalue weighted by molar-refractivity contribution is 0.579. The summed E-state index contributed by atoms with van der Waals surface area (Å²) in [5.74, 6) is 0. The van der Waals surface area contributed by atoms with Gasteiger partial charge < -0.3 is 5.73 Å². The van der Waals surface area contributed by atoms with Crippen LogP contribution in [0.1, 0.15) is 6.42 Å². The summed E-state index contributed by atoms with van der Waals surface area (Å²) in [6.45, 7) is 0.605. The first-order valence-electron chi connectivity index (χ1n) is 5.27. The topological polar surface area (TPSA) is 106 Å². The first-order valence-corrected chi connectivity index (χ1v) is 8.65. The van der Waals surface area contributed by atoms with Gasteiger partial charge in [0.15, 0.2) is 9.84 Å². The van der Waals surface area contributed by atoms with Gasteiger partial charge in [-0.25, -0.2) is 21.6 Å². The molecule has 1 aromatic carbocycles. The van der Waals surface area contributed by atoms with Crippen molar-refractivity contribution in [2.24, 2.45) is 5.73 Å². The summed E-state index contributed by atoms with van der Waals surface area (Å²) in [6, 6.07) is 5.24. The van der Waals surface area contributed by atoms with E-state index in [0.29, 0.717) is 13.0 Å². The fourth-order valence-corrected chi connectivity index (χ4v) is 3.12. The maximum atomic E-state index is 11.8. The molecule has 1 rings (SSSR count). The van der Waals surface area contributed by atoms with Crippen molar-refractivity contribution in [1.82, 2.24) is 4.72 Å². The maximum absolute atomic E-state index is 11.8. The average Bonchev–Trinajstić information content (AvgIpc) is 2.28. The summed E-state index contributed by atoms with van der Waals surface area (Å²) in [4.78, 5) is -0.0911. The smallest absolute Gasteiger partial charge is 0.240 e. The van der Waals surface area contributed by atoms with E-state index in [0.717, 1.165) is 12.3 Å². The molecule has 3 N–H and O–H groups in total. The molecule has 0 aliphatic heterocycles. The molecule has 102 valence electrons. The van der Waals surface area contributed by atoms with Crippen molar-refractivity contribution in [3.05, 3.63) is 24.3 Å². The number of rotatable bonds is 6. The lowest BCUT2D eigenvalue weighted by atomic mass is 10.4. The Kier molecular flexibility index (Phi) is 4.85. The lowest BCUT2D eigenvalue weighted by Gasteiger charge is -2.07. The van der Waals surface area contributed by atoms with Gasteiger partial charge in [-0.2, -0.15) is 0 Å². The van der Waals surface area contributed by atoms with Gasteiger partial charge in [-0.3, -0.25) is 0 Å². The van der Waals surface area contributed by atoms with E-state index in [1.54, 1.807) is 0 Å². The van der Waals surface area contributed by atoms with Crippen LogP contribution < -0.4 is 10.5 Å². The summed E-state index contributed by atoms with van der Waals surface area (Å²) in [7, 11) is -7.11. The van der Waals surface area contributed by atoms with Gasteiger partial charge in [0.05, 0.1) is 9.79 Å². The third kappa shape index (κ3) is 4.05. The van der Waals surface area contributed by atoms with Crippen molar-refractivity contribution >= 4 is 19.9 Å². The molecule has 1 aromatic rings. The Morgan fingerprint density at radius 3 is 2.33 bits per heavy atom. The second kappa shape index (κ2) is 5.79. The Hall–Kier alpha value is -0.960. The summed E-state index contributed by atoms with van der Waals surface area (Å²) in [5.41, 5.74) is 5.26. The predicted molar refractivity (Wildman–Crippen MR) is 68.4 cm³/mol. The molecule has 0 aliphatic carbocycles. The van der Waals surface area contributed by atoms with E-state index in [-0.39, 0.29) is 16.3 Å². The van der Waals surface area contributed by atoms with Gasteiger partial charge in [-0.1, -0.05) is 6.07 Å². The van der Waals surface area contributed by atoms with E-state index in [2.05, 4.69) is 4.72 Å². The molecule has 0 radical (unpaired) electrons. The Balaban J connectivity index is 3.03. The zero-order valence-electron chi connectivity index (χ0n) is 9.96. The number of sulfone groups is 1. The fourth-order valence-electron chi connectivity index (χ4n) is 1.26. The van der Waals surface area contributed by atoms with E-state index in [4.69, 9.17) is 5.73 Å². The molecule has 0 atom stereocenters. The highest BCUT2D eigenvalue weighted by atomic mass is 32.2. The second-order valence-electron chi connectivity index (χ2n) is 3.79. The van der Waals surface area contributed by atoms with Crippen molar-refractivity contribution in [3.8, 4) is 0 Å². The van der Waals surface area contributed by atoms with Crippen molar-refractivity contribution < 1.29 is 16.8 Å². The lowest BCUT2D eigenvalue weighted by Crippen LogP contribution is -2.26. The molecular weight excluding hydrogens is 276 g/mol. The SMILES string of the molecule is CS(=O)(=O)c1cccc(S(=O)(=O)NCCCN)c1. The van der Waals surface area contributed by atoms with Gasteiger partial charge in [0.1, 0.15) is 0 Å². The number of nitrogens with one attached hydrogen (secondary N) is 1. The minimum atomic E-state index is -3.69. The molecule has 18 heavy (non-hydrogen) atoms. The van der Waals surface area contributed by atoms with Gasteiger partial charge in [-0.15, -0.1) is 0 Å². The minimum Gasteiger partial charge on any atom is -0.330 e. The van der Waals surface area contributed by atoms with Crippen LogP contribution in [0.2, 0.25) is 0 Å². The molecule has 0 spiro atoms. The number of nitrogens with two attached hydrogens (primary N) is 1. The summed E-state index contributed by atoms with van der Waals surface area (Å²) in [6.07, 6.45) is 1.55. The Morgan fingerprint density at radius 2 is 1.78 bits per heavy atom. The third-order valence-electron chi connectivity index (χ3n) is 2.22. The monoisotopic (exact) mass is 292 g/mol. The van der Waals surface area contributed by atoms with Crippen molar-refractivity contribution in [1.29, 1.82) is 0 Å². The van der Waals surface area contributed by atoms with E-state index < -0.39 is 19.9 Å². The fraction of sp³-hybridized carbons (Fsp3) is 0.400. The standard InChI is InChI=1S/C10H16N2O4S2/c1-17(13,14)9-4-2-5-10(8-9)18(15,16)12-7-3-6-11/h2,4-5,8,12H,3,6-7,11H2,1H3. The van der Waals surface area contributed by atoms with Crippen LogP contribution in [-0.4, -0.2) is 36.2 Å². The predicted octanol–water partition coefficient (Wildman–Crippen LogP) is -0.283. The Bertz CT molecular complexity index is 609. The number of sulfonamides is 1. The zero-order chi connectivity index (χ0) is 13.8. The molecule has 0 aromatic heterocycles. The highest BCUT2D eigenvalue weighted by Gasteiger charge is 2.16. The second-order valence-corrected chi connectivity index (χ2v) is 7.57. The van der Waals surface area contributed by atoms with E-state index in [1.807, 2.05) is 0 Å². The van der Waals surface area contributed by atoms with Crippen LogP contribution in [0, 0.1) is 0 Å². The highest BCUT2D eigenvalue weighted by molar-refractivity contribution is 7.91. The number of hydrogen-bond acceptors (Lipinski definition) is 5. The number of hydrogen-bond donors (Lipinski definition) is 2. The maximum Gasteiger partial charge on any atom is 0.240 e. The molecule has 0 aliphatic rings. The number of benzene rings is 1. The van der Waals surface area contributed by atoms with Crippen LogP contribution in [0.25, 0.3) is 0 Å². The van der Waals surface area contributed by atoms with Gasteiger partial charge in [0, 0.05) is 12.8 Å². The van der Waals surface area contributed by atoms with Gasteiger partial charge in [0.2, 0.25) is 10.0 Å². The summed E-state index contributed by atoms with van der Waals surface area (Å²) in [5, 5.41) is 0. The van der Waals surface area contributed by atoms with Gasteiger partial charge >= 0.3 is 0 Å². The van der Waals surface area contributed by atoms with Crippen LogP contribution in [0.15, 0.2) is 34.1 Å². The Morgan fingerprint density at radius 1 is 1.17 bits per heavy atom. The third-order valence-corrected chi connectivity index (χ3v) is 4.79. The van der Waals surface area contributed by atoms with E-state index in [9.17, 15) is 16.8 Å². The zero-order valence-corrected chi connectivity index (χ0v) is 11.6. The van der Waals surface area contributed by atoms with Gasteiger partial charge in [-0.05, 0) is 31.2 Å². The van der Waals surface area contributed by atoms with Crippen molar-refractivity contribution in [2.75, 3.05) is 19.3 Å². The molecule has 0 fully saturated rings. The molecule has 0 heterocycles. The minimum absolute atomic E-state index is 0.0239. The average molecular weight is 292 g/mol. The van der Waals surface area contributed by atoms with Crippen molar-refractivity contribution in [2.45, 2.75) is 16.2 Å². The Labute approximate surface area is 107 Å². The summed E-state index contributed by atoms with van der Waals surface area (Å²) >= 11 is 0. The van der Waals surface area contributed by atoms with Crippen LogP contribution in [0.5, 0.6) is 0 Å². The molecule has 0 saturated carbocycles. The first-order chi connectivity index (χ1) is 8.27. The normalized spacial score (nSPS) is 12.6. The van der Waals surface area contributed by atoms with E-state index in [1.165, 1.54) is 18.2 Å². The molecule has 0 amide bonds. The summed E-state index contributed by atoms with van der Waals surface area (Å²) < 4.78 is 48.7. The first kappa shape index (κ1) is 15.1. The molecule has 0 saturated heterocycles. The van der Waals surface area contributed by atoms with Crippen LogP contribution in [-0.2, 0) is 19.9 Å². The largest absolute Gasteiger partial charge is 0.330 e. The molecule has 6 nitrogen and oxygen atoms in total. The highest BCUT2D eigenvalue weighted by Crippen LogP contribution is 2.15. The van der Waals surface area contributed by atoms with Crippen LogP contribution in [0.4, 0.5) is 0 Å². The molecular formula is C10H16N2O4S2. The van der Waals surface area contributed by atoms with Crippen LogP contribution >= 0.6 is 0 Å². The van der Waals surface area contributed by atoms with E-state index >= 15 is 0 Å². The molecule has 0 bridgehead atoms. The van der Waals surface area contributed by atoms with Crippen molar-refractivity contribution in [3.63, 3.8) is 0 Å². The molecule has 8 heteroatoms.